The molecule has 3 heteroatoms. The molecule has 1 aromatic carbocycles. The van der Waals surface area contributed by atoms with Crippen LogP contribution in [0, 0.1) is 0 Å². The molecule has 0 amide bonds. The van der Waals surface area contributed by atoms with Crippen molar-refractivity contribution in [2.24, 2.45) is 0 Å². The zero-order valence-corrected chi connectivity index (χ0v) is 12.4. The van der Waals surface area contributed by atoms with Gasteiger partial charge in [-0.1, -0.05) is 24.3 Å². The van der Waals surface area contributed by atoms with Crippen LogP contribution in [0.5, 0.6) is 0 Å². The topological polar surface area (TPSA) is 37.0 Å². The van der Waals surface area contributed by atoms with Crippen molar-refractivity contribution in [3.8, 4) is 0 Å². The Labute approximate surface area is 126 Å². The van der Waals surface area contributed by atoms with Gasteiger partial charge in [-0.15, -0.1) is 0 Å². The highest BCUT2D eigenvalue weighted by atomic mass is 14.9. The molecule has 2 aromatic rings. The third kappa shape index (κ3) is 4.05. The third-order valence-electron chi connectivity index (χ3n) is 4.12. The second-order valence-corrected chi connectivity index (χ2v) is 5.68. The molecule has 110 valence electrons. The predicted octanol–water partition coefficient (Wildman–Crippen LogP) is 3.03. The Morgan fingerprint density at radius 1 is 1.05 bits per heavy atom. The number of fused-ring (bicyclic) bond motifs is 1. The number of nitrogens with zero attached hydrogens (tertiary/aromatic N) is 1. The van der Waals surface area contributed by atoms with E-state index in [4.69, 9.17) is 0 Å². The number of hydrogen-bond acceptors (Lipinski definition) is 3. The number of aromatic nitrogens is 1. The van der Waals surface area contributed by atoms with Gasteiger partial charge < -0.3 is 10.6 Å². The summed E-state index contributed by atoms with van der Waals surface area (Å²) >= 11 is 0. The molecule has 0 aliphatic heterocycles. The number of rotatable bonds is 6. The third-order valence-corrected chi connectivity index (χ3v) is 4.12. The molecule has 1 aliphatic carbocycles. The summed E-state index contributed by atoms with van der Waals surface area (Å²) in [7, 11) is 0. The Kier molecular flexibility index (Phi) is 4.85. The number of aryl methyl sites for hydroxylation is 1. The van der Waals surface area contributed by atoms with E-state index in [0.717, 1.165) is 25.2 Å². The van der Waals surface area contributed by atoms with Crippen LogP contribution in [0.2, 0.25) is 0 Å². The average Bonchev–Trinajstić information content (AvgIpc) is 2.55. The van der Waals surface area contributed by atoms with E-state index in [9.17, 15) is 0 Å². The molecule has 1 heterocycles. The minimum absolute atomic E-state index is 0.637. The van der Waals surface area contributed by atoms with Crippen LogP contribution in [0.25, 0.3) is 0 Å². The fourth-order valence-corrected chi connectivity index (χ4v) is 2.97. The molecule has 3 nitrogen and oxygen atoms in total. The predicted molar refractivity (Wildman–Crippen MR) is 87.6 cm³/mol. The van der Waals surface area contributed by atoms with E-state index in [2.05, 4.69) is 45.9 Å². The summed E-state index contributed by atoms with van der Waals surface area (Å²) in [4.78, 5) is 4.10. The number of hydrogen-bond donors (Lipinski definition) is 2. The van der Waals surface area contributed by atoms with Gasteiger partial charge in [0, 0.05) is 25.0 Å². The van der Waals surface area contributed by atoms with E-state index in [0.29, 0.717) is 6.04 Å². The standard InChI is InChI=1S/C18H23N3/c1-2-6-16-13-17(9-8-15(16)5-1)20-11-4-12-21-18-7-3-10-19-14-18/h1-3,5-7,10,14,17,20-21H,4,8-9,11-13H2/t17-/m0/s1. The quantitative estimate of drug-likeness (QED) is 0.799. The zero-order chi connectivity index (χ0) is 14.3. The summed E-state index contributed by atoms with van der Waals surface area (Å²) in [6, 6.07) is 13.5. The largest absolute Gasteiger partial charge is 0.384 e. The molecule has 0 spiro atoms. The van der Waals surface area contributed by atoms with Crippen LogP contribution in [-0.2, 0) is 12.8 Å². The Bertz CT molecular complexity index is 553. The van der Waals surface area contributed by atoms with Crippen molar-refractivity contribution in [3.05, 3.63) is 59.9 Å². The van der Waals surface area contributed by atoms with Crippen LogP contribution < -0.4 is 10.6 Å². The first-order valence-corrected chi connectivity index (χ1v) is 7.86. The van der Waals surface area contributed by atoms with Crippen LogP contribution in [0.1, 0.15) is 24.0 Å². The Morgan fingerprint density at radius 3 is 2.81 bits per heavy atom. The first kappa shape index (κ1) is 14.1. The number of pyridine rings is 1. The molecule has 0 saturated heterocycles. The molecule has 21 heavy (non-hydrogen) atoms. The number of benzene rings is 1. The molecule has 0 unspecified atom stereocenters. The molecular weight excluding hydrogens is 258 g/mol. The van der Waals surface area contributed by atoms with Gasteiger partial charge >= 0.3 is 0 Å². The van der Waals surface area contributed by atoms with Crippen LogP contribution in [-0.4, -0.2) is 24.1 Å². The summed E-state index contributed by atoms with van der Waals surface area (Å²) in [5.74, 6) is 0. The van der Waals surface area contributed by atoms with E-state index in [1.54, 1.807) is 6.20 Å². The van der Waals surface area contributed by atoms with Gasteiger partial charge in [0.2, 0.25) is 0 Å². The molecule has 0 fully saturated rings. The zero-order valence-electron chi connectivity index (χ0n) is 12.4. The SMILES string of the molecule is c1cncc(NCCCN[C@H]2CCc3ccccc3C2)c1. The molecule has 0 radical (unpaired) electrons. The highest BCUT2D eigenvalue weighted by molar-refractivity contribution is 5.39. The molecule has 1 aliphatic rings. The Balaban J connectivity index is 1.35. The fourth-order valence-electron chi connectivity index (χ4n) is 2.97. The first-order valence-electron chi connectivity index (χ1n) is 7.86. The van der Waals surface area contributed by atoms with Crippen molar-refractivity contribution in [2.75, 3.05) is 18.4 Å². The first-order chi connectivity index (χ1) is 10.4. The normalized spacial score (nSPS) is 17.2. The van der Waals surface area contributed by atoms with Gasteiger partial charge in [-0.05, 0) is 55.5 Å². The van der Waals surface area contributed by atoms with Gasteiger partial charge in [-0.2, -0.15) is 0 Å². The van der Waals surface area contributed by atoms with Crippen LogP contribution >= 0.6 is 0 Å². The smallest absolute Gasteiger partial charge is 0.0526 e. The van der Waals surface area contributed by atoms with E-state index in [-0.39, 0.29) is 0 Å². The monoisotopic (exact) mass is 281 g/mol. The van der Waals surface area contributed by atoms with Gasteiger partial charge in [0.15, 0.2) is 0 Å². The minimum atomic E-state index is 0.637. The van der Waals surface area contributed by atoms with E-state index < -0.39 is 0 Å². The summed E-state index contributed by atoms with van der Waals surface area (Å²) in [6.07, 6.45) is 8.44. The lowest BCUT2D eigenvalue weighted by molar-refractivity contribution is 0.457. The van der Waals surface area contributed by atoms with Gasteiger partial charge in [0.25, 0.3) is 0 Å². The molecular formula is C18H23N3. The summed E-state index contributed by atoms with van der Waals surface area (Å²) < 4.78 is 0. The van der Waals surface area contributed by atoms with Crippen molar-refractivity contribution >= 4 is 5.69 Å². The highest BCUT2D eigenvalue weighted by Gasteiger charge is 2.16. The maximum Gasteiger partial charge on any atom is 0.0526 e. The van der Waals surface area contributed by atoms with Gasteiger partial charge in [-0.25, -0.2) is 0 Å². The minimum Gasteiger partial charge on any atom is -0.384 e. The Hall–Kier alpha value is -1.87. The van der Waals surface area contributed by atoms with Crippen LogP contribution in [0.4, 0.5) is 5.69 Å². The van der Waals surface area contributed by atoms with Gasteiger partial charge in [0.05, 0.1) is 5.69 Å². The van der Waals surface area contributed by atoms with Crippen molar-refractivity contribution in [1.29, 1.82) is 0 Å². The molecule has 0 saturated carbocycles. The summed E-state index contributed by atoms with van der Waals surface area (Å²) in [5, 5.41) is 7.09. The lowest BCUT2D eigenvalue weighted by Gasteiger charge is -2.25. The molecule has 1 aromatic heterocycles. The van der Waals surface area contributed by atoms with E-state index in [1.807, 2.05) is 12.3 Å². The molecule has 2 N–H and O–H groups in total. The lowest BCUT2D eigenvalue weighted by Crippen LogP contribution is -2.35. The fraction of sp³-hybridized carbons (Fsp3) is 0.389. The average molecular weight is 281 g/mol. The van der Waals surface area contributed by atoms with Crippen LogP contribution in [0.3, 0.4) is 0 Å². The van der Waals surface area contributed by atoms with Crippen molar-refractivity contribution in [2.45, 2.75) is 31.7 Å². The van der Waals surface area contributed by atoms with Crippen molar-refractivity contribution in [1.82, 2.24) is 10.3 Å². The van der Waals surface area contributed by atoms with Crippen LogP contribution in [0.15, 0.2) is 48.8 Å². The lowest BCUT2D eigenvalue weighted by atomic mass is 9.88. The maximum absolute atomic E-state index is 4.10. The van der Waals surface area contributed by atoms with Crippen molar-refractivity contribution in [3.63, 3.8) is 0 Å². The van der Waals surface area contributed by atoms with Crippen molar-refractivity contribution < 1.29 is 0 Å². The summed E-state index contributed by atoms with van der Waals surface area (Å²) in [5.41, 5.74) is 4.16. The molecule has 0 bridgehead atoms. The van der Waals surface area contributed by atoms with Gasteiger partial charge in [0.1, 0.15) is 0 Å². The summed E-state index contributed by atoms with van der Waals surface area (Å²) in [6.45, 7) is 2.06. The Morgan fingerprint density at radius 2 is 1.95 bits per heavy atom. The highest BCUT2D eigenvalue weighted by Crippen LogP contribution is 2.20. The number of anilines is 1. The second kappa shape index (κ2) is 7.23. The molecule has 3 rings (SSSR count). The second-order valence-electron chi connectivity index (χ2n) is 5.68. The van der Waals surface area contributed by atoms with E-state index >= 15 is 0 Å². The van der Waals surface area contributed by atoms with E-state index in [1.165, 1.54) is 30.4 Å². The maximum atomic E-state index is 4.10. The molecule has 1 atom stereocenters. The van der Waals surface area contributed by atoms with Gasteiger partial charge in [-0.3, -0.25) is 4.98 Å². The number of nitrogens with one attached hydrogen (secondary N) is 2.